The van der Waals surface area contributed by atoms with Crippen molar-refractivity contribution in [1.82, 2.24) is 5.32 Å². The van der Waals surface area contributed by atoms with E-state index in [4.69, 9.17) is 4.74 Å². The summed E-state index contributed by atoms with van der Waals surface area (Å²) in [6, 6.07) is 9.60. The molecule has 1 aliphatic carbocycles. The van der Waals surface area contributed by atoms with Crippen LogP contribution in [-0.2, 0) is 11.2 Å². The first-order valence-corrected chi connectivity index (χ1v) is 7.77. The molecular formula is C19H17F2NO. The Morgan fingerprint density at radius 3 is 2.65 bits per heavy atom. The van der Waals surface area contributed by atoms with Gasteiger partial charge in [0.05, 0.1) is 0 Å². The van der Waals surface area contributed by atoms with E-state index in [1.54, 1.807) is 12.1 Å². The second-order valence-corrected chi connectivity index (χ2v) is 6.09. The van der Waals surface area contributed by atoms with Crippen LogP contribution in [0.15, 0.2) is 36.4 Å². The van der Waals surface area contributed by atoms with Crippen LogP contribution in [0.1, 0.15) is 28.7 Å². The van der Waals surface area contributed by atoms with Gasteiger partial charge >= 0.3 is 0 Å². The molecule has 0 saturated carbocycles. The van der Waals surface area contributed by atoms with Gasteiger partial charge in [-0.25, -0.2) is 8.78 Å². The summed E-state index contributed by atoms with van der Waals surface area (Å²) >= 11 is 0. The number of fused-ring (bicyclic) bond motifs is 4. The van der Waals surface area contributed by atoms with Gasteiger partial charge in [-0.3, -0.25) is 0 Å². The highest BCUT2D eigenvalue weighted by Gasteiger charge is 2.32. The summed E-state index contributed by atoms with van der Waals surface area (Å²) in [5.74, 6) is 0.209. The number of halogens is 2. The molecule has 118 valence electrons. The SMILES string of the molecule is CNCC1CC2=C(O1)c1cc(F)ccc1Cc1cc(F)ccc12. The summed E-state index contributed by atoms with van der Waals surface area (Å²) in [6.07, 6.45) is 1.33. The fourth-order valence-electron chi connectivity index (χ4n) is 3.52. The zero-order valence-corrected chi connectivity index (χ0v) is 12.8. The van der Waals surface area contributed by atoms with Crippen molar-refractivity contribution < 1.29 is 13.5 Å². The van der Waals surface area contributed by atoms with Crippen LogP contribution in [0.2, 0.25) is 0 Å². The molecule has 4 heteroatoms. The van der Waals surface area contributed by atoms with Gasteiger partial charge in [-0.1, -0.05) is 12.1 Å². The summed E-state index contributed by atoms with van der Waals surface area (Å²) in [4.78, 5) is 0. The lowest BCUT2D eigenvalue weighted by atomic mass is 9.95. The van der Waals surface area contributed by atoms with Crippen molar-refractivity contribution in [2.75, 3.05) is 13.6 Å². The zero-order chi connectivity index (χ0) is 16.0. The summed E-state index contributed by atoms with van der Waals surface area (Å²) in [5.41, 5.74) is 4.74. The van der Waals surface area contributed by atoms with Gasteiger partial charge in [0.2, 0.25) is 0 Å². The number of benzene rings is 2. The van der Waals surface area contributed by atoms with Crippen LogP contribution < -0.4 is 5.32 Å². The van der Waals surface area contributed by atoms with Gasteiger partial charge in [0.15, 0.2) is 0 Å². The predicted molar refractivity (Wildman–Crippen MR) is 85.8 cm³/mol. The van der Waals surface area contributed by atoms with E-state index in [-0.39, 0.29) is 17.7 Å². The van der Waals surface area contributed by atoms with Crippen LogP contribution in [0, 0.1) is 11.6 Å². The Morgan fingerprint density at radius 1 is 1.04 bits per heavy atom. The van der Waals surface area contributed by atoms with E-state index in [0.717, 1.165) is 40.0 Å². The molecule has 1 N–H and O–H groups in total. The maximum atomic E-state index is 13.8. The van der Waals surface area contributed by atoms with E-state index < -0.39 is 0 Å². The Hall–Kier alpha value is -2.20. The average molecular weight is 313 g/mol. The summed E-state index contributed by atoms with van der Waals surface area (Å²) in [5, 5.41) is 3.12. The normalized spacial score (nSPS) is 18.8. The topological polar surface area (TPSA) is 21.3 Å². The molecule has 0 bridgehead atoms. The van der Waals surface area contributed by atoms with E-state index >= 15 is 0 Å². The van der Waals surface area contributed by atoms with Gasteiger partial charge in [0, 0.05) is 24.1 Å². The number of nitrogens with one attached hydrogen (secondary N) is 1. The molecule has 1 heterocycles. The first-order chi connectivity index (χ1) is 11.2. The molecule has 2 aromatic carbocycles. The van der Waals surface area contributed by atoms with Gasteiger partial charge in [0.25, 0.3) is 0 Å². The summed E-state index contributed by atoms with van der Waals surface area (Å²) < 4.78 is 33.6. The minimum absolute atomic E-state index is 0.0112. The Bertz CT molecular complexity index is 813. The second-order valence-electron chi connectivity index (χ2n) is 6.09. The van der Waals surface area contributed by atoms with E-state index in [9.17, 15) is 8.78 Å². The van der Waals surface area contributed by atoms with Crippen molar-refractivity contribution in [3.05, 3.63) is 70.3 Å². The Labute approximate surface area is 133 Å². The number of likely N-dealkylation sites (N-methyl/N-ethyl adjacent to an activating group) is 1. The van der Waals surface area contributed by atoms with Crippen molar-refractivity contribution in [2.24, 2.45) is 0 Å². The molecule has 1 atom stereocenters. The smallest absolute Gasteiger partial charge is 0.131 e. The first kappa shape index (κ1) is 14.4. The summed E-state index contributed by atoms with van der Waals surface area (Å²) in [6.45, 7) is 0.716. The number of hydrogen-bond donors (Lipinski definition) is 1. The van der Waals surface area contributed by atoms with Gasteiger partial charge in [-0.05, 0) is 54.4 Å². The third-order valence-electron chi connectivity index (χ3n) is 4.51. The molecule has 2 nitrogen and oxygen atoms in total. The van der Waals surface area contributed by atoms with E-state index in [1.165, 1.54) is 18.2 Å². The predicted octanol–water partition coefficient (Wildman–Crippen LogP) is 3.75. The van der Waals surface area contributed by atoms with Crippen molar-refractivity contribution >= 4 is 11.3 Å². The third kappa shape index (κ3) is 2.43. The molecule has 2 aliphatic rings. The molecule has 1 unspecified atom stereocenters. The van der Waals surface area contributed by atoms with Gasteiger partial charge in [-0.2, -0.15) is 0 Å². The van der Waals surface area contributed by atoms with Gasteiger partial charge in [-0.15, -0.1) is 0 Å². The highest BCUT2D eigenvalue weighted by Crippen LogP contribution is 2.44. The molecule has 4 rings (SSSR count). The molecule has 0 aromatic heterocycles. The van der Waals surface area contributed by atoms with Crippen LogP contribution in [-0.4, -0.2) is 19.7 Å². The quantitative estimate of drug-likeness (QED) is 0.912. The van der Waals surface area contributed by atoms with Gasteiger partial charge in [0.1, 0.15) is 23.5 Å². The lowest BCUT2D eigenvalue weighted by Crippen LogP contribution is -2.23. The van der Waals surface area contributed by atoms with Crippen LogP contribution in [0.4, 0.5) is 8.78 Å². The average Bonchev–Trinajstić information content (AvgIpc) is 2.88. The number of ether oxygens (including phenoxy) is 1. The lowest BCUT2D eigenvalue weighted by molar-refractivity contribution is 0.190. The molecule has 0 saturated heterocycles. The minimum atomic E-state index is -0.284. The standard InChI is InChI=1S/C19H17F2NO/c1-22-10-15-9-18-16-5-4-13(20)7-12(16)6-11-2-3-14(21)8-17(11)19(18)23-15/h2-5,7-8,15,22H,6,9-10H2,1H3. The molecule has 0 fully saturated rings. The lowest BCUT2D eigenvalue weighted by Gasteiger charge is -2.15. The molecule has 2 aromatic rings. The third-order valence-corrected chi connectivity index (χ3v) is 4.51. The Balaban J connectivity index is 1.91. The first-order valence-electron chi connectivity index (χ1n) is 7.77. The molecule has 0 radical (unpaired) electrons. The maximum absolute atomic E-state index is 13.8. The van der Waals surface area contributed by atoms with E-state index in [2.05, 4.69) is 5.32 Å². The maximum Gasteiger partial charge on any atom is 0.131 e. The van der Waals surface area contributed by atoms with Crippen LogP contribution in [0.5, 0.6) is 0 Å². The van der Waals surface area contributed by atoms with Crippen molar-refractivity contribution in [3.8, 4) is 0 Å². The highest BCUT2D eigenvalue weighted by molar-refractivity contribution is 5.93. The number of rotatable bonds is 2. The zero-order valence-electron chi connectivity index (χ0n) is 12.8. The molecule has 0 spiro atoms. The van der Waals surface area contributed by atoms with Crippen molar-refractivity contribution in [2.45, 2.75) is 18.9 Å². The fraction of sp³-hybridized carbons (Fsp3) is 0.263. The minimum Gasteiger partial charge on any atom is -0.488 e. The van der Waals surface area contributed by atoms with E-state index in [0.29, 0.717) is 13.0 Å². The summed E-state index contributed by atoms with van der Waals surface area (Å²) in [7, 11) is 1.88. The Morgan fingerprint density at radius 2 is 1.83 bits per heavy atom. The van der Waals surface area contributed by atoms with Crippen molar-refractivity contribution in [1.29, 1.82) is 0 Å². The second kappa shape index (κ2) is 5.46. The van der Waals surface area contributed by atoms with Gasteiger partial charge < -0.3 is 10.1 Å². The van der Waals surface area contributed by atoms with Crippen LogP contribution in [0.25, 0.3) is 11.3 Å². The van der Waals surface area contributed by atoms with Crippen LogP contribution >= 0.6 is 0 Å². The molecule has 0 amide bonds. The fourth-order valence-corrected chi connectivity index (χ4v) is 3.52. The molecule has 23 heavy (non-hydrogen) atoms. The Kier molecular flexibility index (Phi) is 3.42. The molecular weight excluding hydrogens is 296 g/mol. The van der Waals surface area contributed by atoms with Crippen molar-refractivity contribution in [3.63, 3.8) is 0 Å². The number of hydrogen-bond acceptors (Lipinski definition) is 2. The van der Waals surface area contributed by atoms with E-state index in [1.807, 2.05) is 13.1 Å². The highest BCUT2D eigenvalue weighted by atomic mass is 19.1. The largest absolute Gasteiger partial charge is 0.488 e. The monoisotopic (exact) mass is 313 g/mol. The van der Waals surface area contributed by atoms with Crippen LogP contribution in [0.3, 0.4) is 0 Å². The molecule has 1 aliphatic heterocycles.